The van der Waals surface area contributed by atoms with E-state index >= 15 is 0 Å². The summed E-state index contributed by atoms with van der Waals surface area (Å²) in [7, 11) is 0. The lowest BCUT2D eigenvalue weighted by molar-refractivity contribution is 0.0997. The number of carboxylic acid groups (broad SMARTS) is 1. The molecule has 3 aromatic heterocycles. The van der Waals surface area contributed by atoms with E-state index in [2.05, 4.69) is 20.3 Å². The van der Waals surface area contributed by atoms with E-state index in [1.54, 1.807) is 36.7 Å². The maximum atomic E-state index is 12.7. The van der Waals surface area contributed by atoms with Crippen molar-refractivity contribution in [3.05, 3.63) is 54.1 Å². The standard InChI is InChI=1S/C20H19N7O4S/c21-16(28)15-19(32-18(24-15)12-3-5-22-6-4-12)25-17(29)13-1-2-14(23-11-13)26-7-9-27(10-8-26)20(30)31/h1-6,11H,7-10H2,(H2,21,28)(H,25,29)(H,30,31). The predicted octanol–water partition coefficient (Wildman–Crippen LogP) is 1.75. The van der Waals surface area contributed by atoms with Crippen LogP contribution in [0.15, 0.2) is 42.9 Å². The lowest BCUT2D eigenvalue weighted by Gasteiger charge is -2.33. The summed E-state index contributed by atoms with van der Waals surface area (Å²) in [5.41, 5.74) is 6.47. The Hall–Kier alpha value is -4.06. The first-order chi connectivity index (χ1) is 15.4. The van der Waals surface area contributed by atoms with E-state index in [9.17, 15) is 14.4 Å². The van der Waals surface area contributed by atoms with Gasteiger partial charge in [-0.2, -0.15) is 0 Å². The van der Waals surface area contributed by atoms with Crippen LogP contribution in [0, 0.1) is 0 Å². The normalized spacial score (nSPS) is 13.6. The van der Waals surface area contributed by atoms with Crippen LogP contribution >= 0.6 is 11.3 Å². The Morgan fingerprint density at radius 3 is 2.38 bits per heavy atom. The molecule has 12 heteroatoms. The quantitative estimate of drug-likeness (QED) is 0.528. The van der Waals surface area contributed by atoms with Gasteiger partial charge < -0.3 is 26.0 Å². The number of nitrogens with zero attached hydrogens (tertiary/aromatic N) is 5. The third-order valence-electron chi connectivity index (χ3n) is 4.90. The highest BCUT2D eigenvalue weighted by Crippen LogP contribution is 2.32. The molecular weight excluding hydrogens is 434 g/mol. The SMILES string of the molecule is NC(=O)c1nc(-c2ccncc2)sc1NC(=O)c1ccc(N2CCN(C(=O)O)CC2)nc1. The van der Waals surface area contributed by atoms with E-state index in [0.29, 0.717) is 42.6 Å². The van der Waals surface area contributed by atoms with Gasteiger partial charge in [-0.25, -0.2) is 14.8 Å². The van der Waals surface area contributed by atoms with Gasteiger partial charge in [-0.1, -0.05) is 11.3 Å². The highest BCUT2D eigenvalue weighted by molar-refractivity contribution is 7.19. The number of pyridine rings is 2. The van der Waals surface area contributed by atoms with Crippen LogP contribution in [0.25, 0.3) is 10.6 Å². The maximum absolute atomic E-state index is 12.7. The van der Waals surface area contributed by atoms with Crippen molar-refractivity contribution in [2.75, 3.05) is 36.4 Å². The van der Waals surface area contributed by atoms with E-state index in [0.717, 1.165) is 16.9 Å². The van der Waals surface area contributed by atoms with Crippen molar-refractivity contribution in [1.82, 2.24) is 19.9 Å². The Bertz CT molecular complexity index is 1140. The molecule has 0 atom stereocenters. The average molecular weight is 453 g/mol. The van der Waals surface area contributed by atoms with Crippen LogP contribution in [0.4, 0.5) is 15.6 Å². The molecule has 4 rings (SSSR count). The Kier molecular flexibility index (Phi) is 5.94. The molecule has 1 saturated heterocycles. The molecule has 32 heavy (non-hydrogen) atoms. The average Bonchev–Trinajstić information content (AvgIpc) is 3.24. The summed E-state index contributed by atoms with van der Waals surface area (Å²) in [6.45, 7) is 1.82. The minimum atomic E-state index is -0.935. The second-order valence-corrected chi connectivity index (χ2v) is 7.91. The molecule has 0 spiro atoms. The number of carbonyl (C=O) groups is 3. The summed E-state index contributed by atoms with van der Waals surface area (Å²) in [4.78, 5) is 51.4. The van der Waals surface area contributed by atoms with Crippen molar-refractivity contribution in [2.45, 2.75) is 0 Å². The second-order valence-electron chi connectivity index (χ2n) is 6.91. The molecule has 164 valence electrons. The maximum Gasteiger partial charge on any atom is 0.407 e. The molecule has 0 radical (unpaired) electrons. The molecule has 1 aliphatic rings. The number of carbonyl (C=O) groups excluding carboxylic acids is 2. The van der Waals surface area contributed by atoms with Gasteiger partial charge in [0, 0.05) is 50.3 Å². The van der Waals surface area contributed by atoms with E-state index in [1.807, 2.05) is 4.90 Å². The third-order valence-corrected chi connectivity index (χ3v) is 5.92. The van der Waals surface area contributed by atoms with Crippen molar-refractivity contribution in [3.63, 3.8) is 0 Å². The first-order valence-electron chi connectivity index (χ1n) is 9.63. The molecule has 1 fully saturated rings. The first-order valence-corrected chi connectivity index (χ1v) is 10.5. The van der Waals surface area contributed by atoms with Crippen LogP contribution in [0.1, 0.15) is 20.8 Å². The largest absolute Gasteiger partial charge is 0.465 e. The van der Waals surface area contributed by atoms with E-state index in [-0.39, 0.29) is 10.7 Å². The first kappa shape index (κ1) is 21.2. The van der Waals surface area contributed by atoms with Gasteiger partial charge in [0.2, 0.25) is 0 Å². The molecule has 0 aromatic carbocycles. The summed E-state index contributed by atoms with van der Waals surface area (Å²) in [5.74, 6) is -0.541. The topological polar surface area (TPSA) is 155 Å². The fraction of sp³-hybridized carbons (Fsp3) is 0.200. The highest BCUT2D eigenvalue weighted by atomic mass is 32.1. The van der Waals surface area contributed by atoms with Crippen molar-refractivity contribution in [1.29, 1.82) is 0 Å². The van der Waals surface area contributed by atoms with Crippen LogP contribution in [0.5, 0.6) is 0 Å². The molecule has 0 bridgehead atoms. The molecule has 4 heterocycles. The van der Waals surface area contributed by atoms with E-state index in [1.165, 1.54) is 11.1 Å². The number of hydrogen-bond acceptors (Lipinski definition) is 8. The molecule has 3 amide bonds. The summed E-state index contributed by atoms with van der Waals surface area (Å²) < 4.78 is 0. The van der Waals surface area contributed by atoms with Gasteiger partial charge in [0.1, 0.15) is 15.8 Å². The molecule has 3 aromatic rings. The van der Waals surface area contributed by atoms with Crippen molar-refractivity contribution < 1.29 is 19.5 Å². The van der Waals surface area contributed by atoms with Crippen LogP contribution < -0.4 is 16.0 Å². The number of rotatable bonds is 5. The molecule has 0 saturated carbocycles. The Labute approximate surface area is 186 Å². The van der Waals surface area contributed by atoms with Gasteiger partial charge >= 0.3 is 6.09 Å². The zero-order valence-corrected chi connectivity index (χ0v) is 17.6. The number of hydrogen-bond donors (Lipinski definition) is 3. The minimum absolute atomic E-state index is 0.0176. The summed E-state index contributed by atoms with van der Waals surface area (Å²) in [5, 5.41) is 12.5. The number of primary amides is 1. The smallest absolute Gasteiger partial charge is 0.407 e. The fourth-order valence-electron chi connectivity index (χ4n) is 3.20. The van der Waals surface area contributed by atoms with Crippen LogP contribution in [0.3, 0.4) is 0 Å². The van der Waals surface area contributed by atoms with Gasteiger partial charge in [0.25, 0.3) is 11.8 Å². The number of anilines is 2. The van der Waals surface area contributed by atoms with Gasteiger partial charge in [0.15, 0.2) is 5.69 Å². The summed E-state index contributed by atoms with van der Waals surface area (Å²) in [6, 6.07) is 6.81. The lowest BCUT2D eigenvalue weighted by Crippen LogP contribution is -2.48. The lowest BCUT2D eigenvalue weighted by atomic mass is 10.2. The molecular formula is C20H19N7O4S. The van der Waals surface area contributed by atoms with E-state index < -0.39 is 17.9 Å². The van der Waals surface area contributed by atoms with E-state index in [4.69, 9.17) is 10.8 Å². The Morgan fingerprint density at radius 2 is 1.78 bits per heavy atom. The monoisotopic (exact) mass is 453 g/mol. The van der Waals surface area contributed by atoms with Gasteiger partial charge in [0.05, 0.1) is 5.56 Å². The molecule has 0 aliphatic carbocycles. The molecule has 1 aliphatic heterocycles. The van der Waals surface area contributed by atoms with Gasteiger partial charge in [-0.3, -0.25) is 14.6 Å². The zero-order chi connectivity index (χ0) is 22.7. The van der Waals surface area contributed by atoms with Crippen LogP contribution in [-0.2, 0) is 0 Å². The highest BCUT2D eigenvalue weighted by Gasteiger charge is 2.22. The van der Waals surface area contributed by atoms with Crippen LogP contribution in [0.2, 0.25) is 0 Å². The minimum Gasteiger partial charge on any atom is -0.465 e. The van der Waals surface area contributed by atoms with Crippen molar-refractivity contribution in [3.8, 4) is 10.6 Å². The number of piperazine rings is 1. The predicted molar refractivity (Wildman–Crippen MR) is 118 cm³/mol. The molecule has 11 nitrogen and oxygen atoms in total. The molecule has 0 unspecified atom stereocenters. The number of aromatic nitrogens is 3. The zero-order valence-electron chi connectivity index (χ0n) is 16.8. The molecule has 4 N–H and O–H groups in total. The van der Waals surface area contributed by atoms with Gasteiger partial charge in [-0.15, -0.1) is 0 Å². The fourth-order valence-corrected chi connectivity index (χ4v) is 4.17. The Balaban J connectivity index is 1.47. The number of nitrogens with one attached hydrogen (secondary N) is 1. The summed E-state index contributed by atoms with van der Waals surface area (Å²) in [6.07, 6.45) is 3.71. The summed E-state index contributed by atoms with van der Waals surface area (Å²) >= 11 is 1.14. The number of amides is 3. The van der Waals surface area contributed by atoms with Crippen molar-refractivity contribution in [2.24, 2.45) is 5.73 Å². The second kappa shape index (κ2) is 8.98. The Morgan fingerprint density at radius 1 is 1.06 bits per heavy atom. The third kappa shape index (κ3) is 4.49. The van der Waals surface area contributed by atoms with Crippen molar-refractivity contribution >= 4 is 40.1 Å². The number of nitrogens with two attached hydrogens (primary N) is 1. The van der Waals surface area contributed by atoms with Crippen LogP contribution in [-0.4, -0.2) is 69.0 Å². The number of thiazole rings is 1. The van der Waals surface area contributed by atoms with Gasteiger partial charge in [-0.05, 0) is 24.3 Å².